The number of pyridine rings is 1. The third kappa shape index (κ3) is 6.53. The van der Waals surface area contributed by atoms with Crippen LogP contribution >= 0.6 is 22.9 Å². The summed E-state index contributed by atoms with van der Waals surface area (Å²) in [6.07, 6.45) is 2.33. The highest BCUT2D eigenvalue weighted by atomic mass is 35.5. The second-order valence-corrected chi connectivity index (χ2v) is 7.74. The molecule has 26 heavy (non-hydrogen) atoms. The molecule has 2 unspecified atom stereocenters. The van der Waals surface area contributed by atoms with Gasteiger partial charge in [-0.05, 0) is 56.5 Å². The molecule has 2 rings (SSSR count). The Kier molecular flexibility index (Phi) is 7.78. The number of aliphatic carboxylic acids is 1. The number of aromatic nitrogens is 1. The molecule has 0 aromatic carbocycles. The molecule has 0 amide bonds. The molecule has 0 aliphatic carbocycles. The van der Waals surface area contributed by atoms with Gasteiger partial charge in [0.25, 0.3) is 0 Å². The fourth-order valence-electron chi connectivity index (χ4n) is 2.47. The summed E-state index contributed by atoms with van der Waals surface area (Å²) in [6.45, 7) is 4.28. The predicted molar refractivity (Wildman–Crippen MR) is 106 cm³/mol. The number of carboxylic acids is 1. The van der Waals surface area contributed by atoms with Crippen LogP contribution in [0.15, 0.2) is 36.4 Å². The zero-order chi connectivity index (χ0) is 19.1. The first-order valence-corrected chi connectivity index (χ1v) is 9.59. The lowest BCUT2D eigenvalue weighted by atomic mass is 10.1. The molecular weight excluding hydrogens is 372 g/mol. The molecule has 3 N–H and O–H groups in total. The number of thiophene rings is 1. The molecule has 2 aromatic rings. The summed E-state index contributed by atoms with van der Waals surface area (Å²) in [6, 6.07) is 9.43. The number of carbonyl (C=O) groups is 1. The molecule has 0 saturated heterocycles. The number of halogens is 1. The average molecular weight is 395 g/mol. The zero-order valence-corrected chi connectivity index (χ0v) is 16.3. The SMILES string of the molecule is C/C(=C\C(=O)O)c1ccc(CCC(C)NCC(O)c2cccc(Cl)n2)s1. The van der Waals surface area contributed by atoms with Gasteiger partial charge in [0.15, 0.2) is 0 Å². The molecule has 140 valence electrons. The van der Waals surface area contributed by atoms with E-state index in [9.17, 15) is 9.90 Å². The van der Waals surface area contributed by atoms with E-state index in [-0.39, 0.29) is 6.04 Å². The van der Waals surface area contributed by atoms with Crippen LogP contribution < -0.4 is 5.32 Å². The lowest BCUT2D eigenvalue weighted by Crippen LogP contribution is -2.31. The van der Waals surface area contributed by atoms with Gasteiger partial charge >= 0.3 is 5.97 Å². The maximum Gasteiger partial charge on any atom is 0.328 e. The first kappa shape index (κ1) is 20.6. The van der Waals surface area contributed by atoms with E-state index >= 15 is 0 Å². The van der Waals surface area contributed by atoms with Crippen LogP contribution in [-0.4, -0.2) is 33.8 Å². The minimum absolute atomic E-state index is 0.227. The monoisotopic (exact) mass is 394 g/mol. The first-order chi connectivity index (χ1) is 12.3. The van der Waals surface area contributed by atoms with Crippen molar-refractivity contribution >= 4 is 34.5 Å². The number of aryl methyl sites for hydroxylation is 1. The fraction of sp³-hybridized carbons (Fsp3) is 0.368. The van der Waals surface area contributed by atoms with Crippen LogP contribution in [0.3, 0.4) is 0 Å². The summed E-state index contributed by atoms with van der Waals surface area (Å²) in [5.41, 5.74) is 1.32. The quantitative estimate of drug-likeness (QED) is 0.443. The summed E-state index contributed by atoms with van der Waals surface area (Å²) in [5.74, 6) is -0.928. The molecular formula is C19H23ClN2O3S. The molecule has 5 nitrogen and oxygen atoms in total. The van der Waals surface area contributed by atoms with Crippen molar-refractivity contribution in [1.82, 2.24) is 10.3 Å². The van der Waals surface area contributed by atoms with Crippen molar-refractivity contribution in [2.75, 3.05) is 6.54 Å². The molecule has 0 fully saturated rings. The van der Waals surface area contributed by atoms with E-state index in [0.717, 1.165) is 23.3 Å². The van der Waals surface area contributed by atoms with Gasteiger partial charge in [0.05, 0.1) is 5.69 Å². The van der Waals surface area contributed by atoms with E-state index < -0.39 is 12.1 Å². The van der Waals surface area contributed by atoms with Gasteiger partial charge in [-0.2, -0.15) is 0 Å². The summed E-state index contributed by atoms with van der Waals surface area (Å²) in [7, 11) is 0. The van der Waals surface area contributed by atoms with Crippen LogP contribution in [-0.2, 0) is 11.2 Å². The number of aliphatic hydroxyl groups is 1. The maximum absolute atomic E-state index is 10.7. The average Bonchev–Trinajstić information content (AvgIpc) is 3.06. The molecule has 0 aliphatic rings. The van der Waals surface area contributed by atoms with Crippen molar-refractivity contribution in [2.45, 2.75) is 38.8 Å². The zero-order valence-electron chi connectivity index (χ0n) is 14.8. The highest BCUT2D eigenvalue weighted by molar-refractivity contribution is 7.13. The van der Waals surface area contributed by atoms with Gasteiger partial charge in [0.2, 0.25) is 0 Å². The third-order valence-corrected chi connectivity index (χ3v) is 5.44. The Balaban J connectivity index is 1.79. The van der Waals surface area contributed by atoms with Gasteiger partial charge < -0.3 is 15.5 Å². The molecule has 7 heteroatoms. The number of aliphatic hydroxyl groups excluding tert-OH is 1. The summed E-state index contributed by atoms with van der Waals surface area (Å²) >= 11 is 7.46. The smallest absolute Gasteiger partial charge is 0.328 e. The van der Waals surface area contributed by atoms with Gasteiger partial charge in [-0.25, -0.2) is 9.78 Å². The topological polar surface area (TPSA) is 82.5 Å². The van der Waals surface area contributed by atoms with Crippen molar-refractivity contribution in [3.63, 3.8) is 0 Å². The predicted octanol–water partition coefficient (Wildman–Crippen LogP) is 3.93. The van der Waals surface area contributed by atoms with Gasteiger partial charge in [0.1, 0.15) is 11.3 Å². The summed E-state index contributed by atoms with van der Waals surface area (Å²) < 4.78 is 0. The molecule has 0 radical (unpaired) electrons. The molecule has 0 saturated carbocycles. The van der Waals surface area contributed by atoms with Crippen molar-refractivity contribution < 1.29 is 15.0 Å². The van der Waals surface area contributed by atoms with Crippen molar-refractivity contribution in [2.24, 2.45) is 0 Å². The van der Waals surface area contributed by atoms with E-state index in [0.29, 0.717) is 17.4 Å². The fourth-order valence-corrected chi connectivity index (χ4v) is 3.63. The van der Waals surface area contributed by atoms with E-state index in [4.69, 9.17) is 16.7 Å². The van der Waals surface area contributed by atoms with Crippen LogP contribution in [0.2, 0.25) is 5.15 Å². The summed E-state index contributed by atoms with van der Waals surface area (Å²) in [5, 5.41) is 22.7. The minimum atomic E-state index is -0.928. The normalized spacial score (nSPS) is 14.2. The van der Waals surface area contributed by atoms with Gasteiger partial charge in [0, 0.05) is 28.4 Å². The van der Waals surface area contributed by atoms with E-state index in [2.05, 4.69) is 17.2 Å². The standard InChI is InChI=1S/C19H23ClN2O3S/c1-12(10-19(24)25)17-9-8-14(26-17)7-6-13(2)21-11-16(23)15-4-3-5-18(20)22-15/h3-5,8-10,13,16,21,23H,6-7,11H2,1-2H3,(H,24,25)/b12-10+. The van der Waals surface area contributed by atoms with Crippen molar-refractivity contribution in [3.05, 3.63) is 57.0 Å². The second kappa shape index (κ2) is 9.83. The van der Waals surface area contributed by atoms with Crippen LogP contribution in [0.25, 0.3) is 5.57 Å². The molecule has 2 atom stereocenters. The van der Waals surface area contributed by atoms with E-state index in [1.54, 1.807) is 36.5 Å². The van der Waals surface area contributed by atoms with Crippen LogP contribution in [0.5, 0.6) is 0 Å². The highest BCUT2D eigenvalue weighted by Gasteiger charge is 2.12. The van der Waals surface area contributed by atoms with E-state index in [1.165, 1.54) is 11.0 Å². The van der Waals surface area contributed by atoms with Crippen LogP contribution in [0.1, 0.15) is 41.8 Å². The molecule has 0 bridgehead atoms. The van der Waals surface area contributed by atoms with Crippen LogP contribution in [0, 0.1) is 0 Å². The lowest BCUT2D eigenvalue weighted by molar-refractivity contribution is -0.131. The molecule has 0 spiro atoms. The Hall–Kier alpha value is -1.73. The minimum Gasteiger partial charge on any atom is -0.478 e. The van der Waals surface area contributed by atoms with Crippen molar-refractivity contribution in [3.8, 4) is 0 Å². The Morgan fingerprint density at radius 1 is 1.38 bits per heavy atom. The number of nitrogens with zero attached hydrogens (tertiary/aromatic N) is 1. The maximum atomic E-state index is 10.7. The lowest BCUT2D eigenvalue weighted by Gasteiger charge is -2.16. The first-order valence-electron chi connectivity index (χ1n) is 8.39. The Morgan fingerprint density at radius 3 is 2.85 bits per heavy atom. The molecule has 2 heterocycles. The number of rotatable bonds is 9. The van der Waals surface area contributed by atoms with Crippen molar-refractivity contribution in [1.29, 1.82) is 0 Å². The van der Waals surface area contributed by atoms with Gasteiger partial charge in [-0.15, -0.1) is 11.3 Å². The third-order valence-electron chi connectivity index (χ3n) is 3.95. The van der Waals surface area contributed by atoms with Gasteiger partial charge in [-0.1, -0.05) is 17.7 Å². The second-order valence-electron chi connectivity index (χ2n) is 6.18. The Bertz CT molecular complexity index is 776. The van der Waals surface area contributed by atoms with Crippen LogP contribution in [0.4, 0.5) is 0 Å². The number of hydrogen-bond donors (Lipinski definition) is 3. The van der Waals surface area contributed by atoms with E-state index in [1.807, 2.05) is 12.1 Å². The number of nitrogens with one attached hydrogen (secondary N) is 1. The molecule has 2 aromatic heterocycles. The highest BCUT2D eigenvalue weighted by Crippen LogP contribution is 2.25. The number of hydrogen-bond acceptors (Lipinski definition) is 5. The summed E-state index contributed by atoms with van der Waals surface area (Å²) in [4.78, 5) is 17.0. The van der Waals surface area contributed by atoms with Gasteiger partial charge in [-0.3, -0.25) is 0 Å². The Labute approximate surface area is 162 Å². The number of carboxylic acid groups (broad SMARTS) is 1. The number of allylic oxidation sites excluding steroid dienone is 1. The largest absolute Gasteiger partial charge is 0.478 e. The molecule has 0 aliphatic heterocycles. The Morgan fingerprint density at radius 2 is 2.15 bits per heavy atom.